The second-order valence-corrected chi connectivity index (χ2v) is 13.1. The zero-order valence-electron chi connectivity index (χ0n) is 22.1. The summed E-state index contributed by atoms with van der Waals surface area (Å²) < 4.78 is 6.01. The van der Waals surface area contributed by atoms with Crippen LogP contribution in [0.15, 0.2) is 11.6 Å². The largest absolute Gasteiger partial charge is 0.462 e. The number of carbonyl (C=O) groups excluding carboxylic acids is 2. The molecule has 1 heterocycles. The fourth-order valence-corrected chi connectivity index (χ4v) is 9.63. The molecule has 4 heteroatoms. The molecule has 3 saturated carbocycles. The highest BCUT2D eigenvalue weighted by atomic mass is 16.5. The van der Waals surface area contributed by atoms with Gasteiger partial charge in [-0.15, -0.1) is 0 Å². The van der Waals surface area contributed by atoms with Crippen LogP contribution in [0.2, 0.25) is 0 Å². The molecule has 190 valence electrons. The predicted octanol–water partition coefficient (Wildman–Crippen LogP) is 6.19. The molecule has 0 N–H and O–H groups in total. The Balaban J connectivity index is 1.22. The summed E-state index contributed by atoms with van der Waals surface area (Å²) in [4.78, 5) is 27.6. The van der Waals surface area contributed by atoms with Gasteiger partial charge in [0.1, 0.15) is 11.9 Å². The summed E-state index contributed by atoms with van der Waals surface area (Å²) in [7, 11) is 0. The highest BCUT2D eigenvalue weighted by Crippen LogP contribution is 2.67. The highest BCUT2D eigenvalue weighted by molar-refractivity contribution is 5.80. The summed E-state index contributed by atoms with van der Waals surface area (Å²) in [5, 5.41) is 0. The molecule has 0 bridgehead atoms. The third-order valence-corrected chi connectivity index (χ3v) is 11.2. The van der Waals surface area contributed by atoms with Gasteiger partial charge < -0.3 is 9.64 Å². The monoisotopic (exact) mass is 469 g/mol. The van der Waals surface area contributed by atoms with E-state index in [1.165, 1.54) is 38.5 Å². The van der Waals surface area contributed by atoms with Crippen LogP contribution in [0.3, 0.4) is 0 Å². The molecule has 0 unspecified atom stereocenters. The van der Waals surface area contributed by atoms with Gasteiger partial charge in [-0.05, 0) is 106 Å². The lowest BCUT2D eigenvalue weighted by atomic mass is 9.47. The molecule has 5 aliphatic rings. The third-order valence-electron chi connectivity index (χ3n) is 11.2. The van der Waals surface area contributed by atoms with Crippen molar-refractivity contribution in [3.63, 3.8) is 0 Å². The van der Waals surface area contributed by atoms with Crippen molar-refractivity contribution in [2.24, 2.45) is 40.4 Å². The van der Waals surface area contributed by atoms with Crippen LogP contribution < -0.4 is 0 Å². The standard InChI is InChI=1S/C30H47NO3/c1-20-18-26-24-9-8-22-19-23(34-27(33)12-17-31-15-6-5-7-16-31)10-13-29(22,3)25(24)11-14-30(26,4)28(20)21(2)32/h8,20,23-26,28H,5-7,9-19H2,1-4H3/t20-,23+,24-,25-,26-,28+,29+,30+/m1/s1. The Morgan fingerprint density at radius 1 is 1.09 bits per heavy atom. The molecular weight excluding hydrogens is 422 g/mol. The molecular formula is C30H47NO3. The van der Waals surface area contributed by atoms with E-state index in [1.54, 1.807) is 5.57 Å². The minimum Gasteiger partial charge on any atom is -0.462 e. The fourth-order valence-electron chi connectivity index (χ4n) is 9.63. The molecule has 5 rings (SSSR count). The number of ketones is 1. The van der Waals surface area contributed by atoms with Crippen molar-refractivity contribution in [3.8, 4) is 0 Å². The molecule has 4 nitrogen and oxygen atoms in total. The Bertz CT molecular complexity index is 829. The first-order valence-corrected chi connectivity index (χ1v) is 14.3. The zero-order valence-corrected chi connectivity index (χ0v) is 22.1. The van der Waals surface area contributed by atoms with Gasteiger partial charge in [-0.25, -0.2) is 0 Å². The summed E-state index contributed by atoms with van der Waals surface area (Å²) in [6, 6.07) is 0. The summed E-state index contributed by atoms with van der Waals surface area (Å²) in [6.45, 7) is 12.2. The molecule has 0 aromatic heterocycles. The summed E-state index contributed by atoms with van der Waals surface area (Å²) >= 11 is 0. The Morgan fingerprint density at radius 3 is 2.59 bits per heavy atom. The van der Waals surface area contributed by atoms with E-state index in [0.29, 0.717) is 30.0 Å². The van der Waals surface area contributed by atoms with Gasteiger partial charge in [-0.1, -0.05) is 38.8 Å². The van der Waals surface area contributed by atoms with Crippen LogP contribution in [0.25, 0.3) is 0 Å². The number of nitrogens with zero attached hydrogens (tertiary/aromatic N) is 1. The number of likely N-dealkylation sites (tertiary alicyclic amines) is 1. The second kappa shape index (κ2) is 9.37. The van der Waals surface area contributed by atoms with Crippen molar-refractivity contribution in [2.45, 2.75) is 104 Å². The van der Waals surface area contributed by atoms with E-state index in [2.05, 4.69) is 31.7 Å². The summed E-state index contributed by atoms with van der Waals surface area (Å²) in [5.74, 6) is 3.28. The number of carbonyl (C=O) groups is 2. The molecule has 34 heavy (non-hydrogen) atoms. The maximum Gasteiger partial charge on any atom is 0.307 e. The average molecular weight is 470 g/mol. The topological polar surface area (TPSA) is 46.6 Å². The van der Waals surface area contributed by atoms with Crippen molar-refractivity contribution < 1.29 is 14.3 Å². The van der Waals surface area contributed by atoms with E-state index in [9.17, 15) is 9.59 Å². The van der Waals surface area contributed by atoms with Gasteiger partial charge in [0.2, 0.25) is 0 Å². The maximum atomic E-state index is 12.6. The highest BCUT2D eigenvalue weighted by Gasteiger charge is 2.61. The average Bonchev–Trinajstić information content (AvgIpc) is 3.08. The Labute approximate surface area is 207 Å². The predicted molar refractivity (Wildman–Crippen MR) is 135 cm³/mol. The van der Waals surface area contributed by atoms with Gasteiger partial charge in [0.05, 0.1) is 6.42 Å². The number of hydrogen-bond acceptors (Lipinski definition) is 4. The minimum atomic E-state index is -0.00267. The van der Waals surface area contributed by atoms with Crippen molar-refractivity contribution >= 4 is 11.8 Å². The van der Waals surface area contributed by atoms with Crippen LogP contribution in [-0.2, 0) is 14.3 Å². The van der Waals surface area contributed by atoms with Gasteiger partial charge >= 0.3 is 5.97 Å². The van der Waals surface area contributed by atoms with Gasteiger partial charge in [0, 0.05) is 18.9 Å². The number of fused-ring (bicyclic) bond motifs is 5. The molecule has 0 amide bonds. The van der Waals surface area contributed by atoms with E-state index in [4.69, 9.17) is 4.74 Å². The normalized spacial score (nSPS) is 44.4. The number of piperidine rings is 1. The lowest BCUT2D eigenvalue weighted by Gasteiger charge is -2.58. The summed E-state index contributed by atoms with van der Waals surface area (Å²) in [5.41, 5.74) is 2.00. The molecule has 8 atom stereocenters. The van der Waals surface area contributed by atoms with Crippen LogP contribution >= 0.6 is 0 Å². The minimum absolute atomic E-state index is 0.00267. The van der Waals surface area contributed by atoms with Crippen LogP contribution in [0.4, 0.5) is 0 Å². The molecule has 0 radical (unpaired) electrons. The van der Waals surface area contributed by atoms with Gasteiger partial charge in [-0.3, -0.25) is 9.59 Å². The van der Waals surface area contributed by atoms with Crippen molar-refractivity contribution in [3.05, 3.63) is 11.6 Å². The van der Waals surface area contributed by atoms with Gasteiger partial charge in [0.15, 0.2) is 0 Å². The van der Waals surface area contributed by atoms with Crippen molar-refractivity contribution in [2.75, 3.05) is 19.6 Å². The summed E-state index contributed by atoms with van der Waals surface area (Å²) in [6.07, 6.45) is 14.9. The van der Waals surface area contributed by atoms with E-state index in [1.807, 2.05) is 6.92 Å². The Morgan fingerprint density at radius 2 is 1.85 bits per heavy atom. The van der Waals surface area contributed by atoms with E-state index >= 15 is 0 Å². The van der Waals surface area contributed by atoms with Crippen LogP contribution in [0.1, 0.15) is 98.3 Å². The molecule has 4 fully saturated rings. The van der Waals surface area contributed by atoms with E-state index in [-0.39, 0.29) is 28.8 Å². The molecule has 1 saturated heterocycles. The smallest absolute Gasteiger partial charge is 0.307 e. The molecule has 0 spiro atoms. The molecule has 0 aromatic carbocycles. The molecule has 0 aromatic rings. The number of Topliss-reactive ketones (excluding diaryl/α,β-unsaturated/α-hetero) is 1. The number of ether oxygens (including phenoxy) is 1. The van der Waals surface area contributed by atoms with E-state index < -0.39 is 0 Å². The Hall–Kier alpha value is -1.16. The number of hydrogen-bond donors (Lipinski definition) is 0. The van der Waals surface area contributed by atoms with Gasteiger partial charge in [-0.2, -0.15) is 0 Å². The number of allylic oxidation sites excluding steroid dienone is 1. The Kier molecular flexibility index (Phi) is 6.76. The van der Waals surface area contributed by atoms with Crippen LogP contribution in [-0.4, -0.2) is 42.4 Å². The first-order valence-electron chi connectivity index (χ1n) is 14.3. The van der Waals surface area contributed by atoms with E-state index in [0.717, 1.165) is 51.2 Å². The van der Waals surface area contributed by atoms with Crippen molar-refractivity contribution in [1.82, 2.24) is 4.90 Å². The lowest BCUT2D eigenvalue weighted by molar-refractivity contribution is -0.152. The maximum absolute atomic E-state index is 12.6. The van der Waals surface area contributed by atoms with Crippen LogP contribution in [0.5, 0.6) is 0 Å². The van der Waals surface area contributed by atoms with Gasteiger partial charge in [0.25, 0.3) is 0 Å². The number of rotatable bonds is 5. The third kappa shape index (κ3) is 4.20. The van der Waals surface area contributed by atoms with Crippen molar-refractivity contribution in [1.29, 1.82) is 0 Å². The first-order chi connectivity index (χ1) is 16.2. The molecule has 1 aliphatic heterocycles. The van der Waals surface area contributed by atoms with Crippen LogP contribution in [0, 0.1) is 40.4 Å². The second-order valence-electron chi connectivity index (χ2n) is 13.1. The lowest BCUT2D eigenvalue weighted by Crippen LogP contribution is -2.51. The molecule has 4 aliphatic carbocycles. The SMILES string of the molecule is CC(=O)[C@@H]1[C@H](C)C[C@@H]2[C@@H]3CC=C4C[C@@H](OC(=O)CCN5CCCCC5)CC[C@]4(C)[C@@H]3CC[C@@]21C. The fraction of sp³-hybridized carbons (Fsp3) is 0.867. The number of esters is 1. The first kappa shape index (κ1) is 24.5. The zero-order chi connectivity index (χ0) is 24.1. The quantitative estimate of drug-likeness (QED) is 0.356.